The third-order valence-electron chi connectivity index (χ3n) is 5.70. The first-order chi connectivity index (χ1) is 16.2. The van der Waals surface area contributed by atoms with E-state index in [0.29, 0.717) is 22.8 Å². The number of nitrogens with two attached hydrogens (primary N) is 1. The van der Waals surface area contributed by atoms with E-state index in [1.807, 2.05) is 20.9 Å². The lowest BCUT2D eigenvalue weighted by Gasteiger charge is -2.07. The quantitative estimate of drug-likeness (QED) is 0.406. The van der Waals surface area contributed by atoms with Crippen molar-refractivity contribution in [1.82, 2.24) is 34.3 Å². The zero-order valence-electron chi connectivity index (χ0n) is 18.5. The second kappa shape index (κ2) is 7.94. The number of rotatable bonds is 4. The van der Waals surface area contributed by atoms with E-state index in [9.17, 15) is 13.2 Å². The van der Waals surface area contributed by atoms with Gasteiger partial charge in [-0.05, 0) is 32.0 Å². The average Bonchev–Trinajstić information content (AvgIpc) is 3.28. The van der Waals surface area contributed by atoms with Crippen molar-refractivity contribution >= 4 is 11.3 Å². The van der Waals surface area contributed by atoms with Gasteiger partial charge in [-0.3, -0.25) is 4.68 Å². The van der Waals surface area contributed by atoms with Gasteiger partial charge in [0.1, 0.15) is 23.2 Å². The van der Waals surface area contributed by atoms with Gasteiger partial charge in [-0.15, -0.1) is 0 Å². The third kappa shape index (κ3) is 3.45. The van der Waals surface area contributed by atoms with E-state index in [0.717, 1.165) is 23.0 Å². The number of nitrogens with zero attached hydrogens (tertiary/aromatic N) is 7. The van der Waals surface area contributed by atoms with E-state index in [-0.39, 0.29) is 29.5 Å². The molecule has 5 aromatic rings. The minimum atomic E-state index is -1.27. The number of hydrogen-bond donors (Lipinski definition) is 1. The van der Waals surface area contributed by atoms with Crippen LogP contribution in [-0.2, 0) is 13.5 Å². The lowest BCUT2D eigenvalue weighted by atomic mass is 10.1. The number of fused-ring (bicyclic) bond motifs is 1. The maximum atomic E-state index is 14.3. The van der Waals surface area contributed by atoms with Gasteiger partial charge >= 0.3 is 0 Å². The van der Waals surface area contributed by atoms with Crippen molar-refractivity contribution < 1.29 is 13.2 Å². The van der Waals surface area contributed by atoms with Gasteiger partial charge in [0.05, 0.1) is 11.2 Å². The van der Waals surface area contributed by atoms with E-state index in [4.69, 9.17) is 5.73 Å². The lowest BCUT2D eigenvalue weighted by Crippen LogP contribution is -2.03. The normalized spacial score (nSPS) is 11.5. The summed E-state index contributed by atoms with van der Waals surface area (Å²) in [7, 11) is 1.84. The fourth-order valence-corrected chi connectivity index (χ4v) is 4.04. The summed E-state index contributed by atoms with van der Waals surface area (Å²) < 4.78 is 44.9. The molecule has 0 unspecified atom stereocenters. The van der Waals surface area contributed by atoms with E-state index in [1.165, 1.54) is 10.7 Å². The van der Waals surface area contributed by atoms with Gasteiger partial charge in [-0.2, -0.15) is 10.2 Å². The molecule has 0 bridgehead atoms. The van der Waals surface area contributed by atoms with Gasteiger partial charge in [0.15, 0.2) is 17.5 Å². The number of hydrogen-bond acceptors (Lipinski definition) is 6. The summed E-state index contributed by atoms with van der Waals surface area (Å²) in [6, 6.07) is 4.87. The number of aryl methyl sites for hydroxylation is 2. The van der Waals surface area contributed by atoms with Crippen LogP contribution in [0, 0.1) is 31.3 Å². The van der Waals surface area contributed by atoms with Crippen LogP contribution in [0.1, 0.15) is 22.8 Å². The Morgan fingerprint density at radius 2 is 1.88 bits per heavy atom. The maximum absolute atomic E-state index is 14.3. The van der Waals surface area contributed by atoms with Gasteiger partial charge in [0.2, 0.25) is 0 Å². The molecule has 5 rings (SSSR count). The molecule has 34 heavy (non-hydrogen) atoms. The highest BCUT2D eigenvalue weighted by atomic mass is 19.2. The molecule has 0 amide bonds. The predicted molar refractivity (Wildman–Crippen MR) is 119 cm³/mol. The van der Waals surface area contributed by atoms with Crippen molar-refractivity contribution in [1.29, 1.82) is 0 Å². The number of halogens is 3. The number of anilines is 1. The van der Waals surface area contributed by atoms with E-state index in [1.54, 1.807) is 23.0 Å². The SMILES string of the molecule is Cc1nn(C)c(C)c1-c1cnc(-c2nc(Cc3cc(F)cc(F)c3F)n3ncccc23)nc1N. The molecule has 172 valence electrons. The molecule has 0 saturated carbocycles. The van der Waals surface area contributed by atoms with E-state index in [2.05, 4.69) is 25.1 Å². The van der Waals surface area contributed by atoms with Crippen LogP contribution in [0.5, 0.6) is 0 Å². The summed E-state index contributed by atoms with van der Waals surface area (Å²) in [6.45, 7) is 3.81. The van der Waals surface area contributed by atoms with Crippen molar-refractivity contribution in [3.8, 4) is 22.6 Å². The smallest absolute Gasteiger partial charge is 0.182 e. The Morgan fingerprint density at radius 3 is 2.59 bits per heavy atom. The van der Waals surface area contributed by atoms with Gasteiger partial charge < -0.3 is 5.73 Å². The summed E-state index contributed by atoms with van der Waals surface area (Å²) in [5.74, 6) is -2.54. The molecule has 0 fully saturated rings. The second-order valence-corrected chi connectivity index (χ2v) is 7.90. The van der Waals surface area contributed by atoms with E-state index < -0.39 is 17.5 Å². The maximum Gasteiger partial charge on any atom is 0.182 e. The zero-order valence-corrected chi connectivity index (χ0v) is 18.5. The number of nitrogen functional groups attached to an aromatic ring is 1. The molecule has 0 atom stereocenters. The van der Waals surface area contributed by atoms with Crippen LogP contribution in [0.4, 0.5) is 19.0 Å². The van der Waals surface area contributed by atoms with Gasteiger partial charge in [0.25, 0.3) is 0 Å². The summed E-state index contributed by atoms with van der Waals surface area (Å²) in [5.41, 5.74) is 10.2. The standard InChI is InChI=1S/C23H19F3N8/c1-11-19(12(2)33(3)32-11)15-10-28-23(31-22(15)27)21-17-5-4-6-29-34(17)18(30-21)8-13-7-14(24)9-16(25)20(13)26/h4-7,9-10H,8H2,1-3H3,(H2,27,28,31). The van der Waals surface area contributed by atoms with E-state index >= 15 is 0 Å². The molecule has 0 aliphatic heterocycles. The van der Waals surface area contributed by atoms with Crippen LogP contribution in [-0.4, -0.2) is 34.3 Å². The molecule has 0 spiro atoms. The molecular formula is C23H19F3N8. The number of benzene rings is 1. The van der Waals surface area contributed by atoms with Crippen molar-refractivity contribution in [2.75, 3.05) is 5.73 Å². The Labute approximate surface area is 191 Å². The average molecular weight is 464 g/mol. The second-order valence-electron chi connectivity index (χ2n) is 7.90. The summed E-state index contributed by atoms with van der Waals surface area (Å²) in [5, 5.41) is 8.67. The molecule has 8 nitrogen and oxygen atoms in total. The first-order valence-corrected chi connectivity index (χ1v) is 10.3. The largest absolute Gasteiger partial charge is 0.383 e. The molecule has 0 aliphatic carbocycles. The van der Waals surface area contributed by atoms with Crippen LogP contribution < -0.4 is 5.73 Å². The molecule has 11 heteroatoms. The zero-order chi connectivity index (χ0) is 24.1. The van der Waals surface area contributed by atoms with Gasteiger partial charge in [-0.1, -0.05) is 0 Å². The third-order valence-corrected chi connectivity index (χ3v) is 5.70. The summed E-state index contributed by atoms with van der Waals surface area (Å²) >= 11 is 0. The Morgan fingerprint density at radius 1 is 1.09 bits per heavy atom. The molecule has 0 radical (unpaired) electrons. The first kappa shape index (κ1) is 21.6. The fraction of sp³-hybridized carbons (Fsp3) is 0.174. The molecule has 0 saturated heterocycles. The highest BCUT2D eigenvalue weighted by Gasteiger charge is 2.21. The Bertz CT molecular complexity index is 1570. The molecule has 0 aliphatic rings. The monoisotopic (exact) mass is 464 g/mol. The molecule has 1 aromatic carbocycles. The molecular weight excluding hydrogens is 445 g/mol. The first-order valence-electron chi connectivity index (χ1n) is 10.3. The van der Waals surface area contributed by atoms with Crippen LogP contribution in [0.3, 0.4) is 0 Å². The Kier molecular flexibility index (Phi) is 5.03. The van der Waals surface area contributed by atoms with Crippen LogP contribution in [0.15, 0.2) is 36.7 Å². The highest BCUT2D eigenvalue weighted by molar-refractivity contribution is 5.80. The summed E-state index contributed by atoms with van der Waals surface area (Å²) in [6.07, 6.45) is 2.94. The summed E-state index contributed by atoms with van der Waals surface area (Å²) in [4.78, 5) is 13.5. The van der Waals surface area contributed by atoms with Crippen LogP contribution >= 0.6 is 0 Å². The van der Waals surface area contributed by atoms with Crippen molar-refractivity contribution in [2.24, 2.45) is 7.05 Å². The topological polar surface area (TPSA) is 99.8 Å². The van der Waals surface area contributed by atoms with Gasteiger partial charge in [0, 0.05) is 54.3 Å². The Balaban J connectivity index is 1.61. The molecule has 4 heterocycles. The van der Waals surface area contributed by atoms with Crippen molar-refractivity contribution in [2.45, 2.75) is 20.3 Å². The fourth-order valence-electron chi connectivity index (χ4n) is 4.04. The highest BCUT2D eigenvalue weighted by Crippen LogP contribution is 2.32. The number of imidazole rings is 1. The van der Waals surface area contributed by atoms with Crippen LogP contribution in [0.2, 0.25) is 0 Å². The molecule has 4 aromatic heterocycles. The van der Waals surface area contributed by atoms with Crippen molar-refractivity contribution in [3.63, 3.8) is 0 Å². The number of aromatic nitrogens is 7. The van der Waals surface area contributed by atoms with Crippen molar-refractivity contribution in [3.05, 3.63) is 76.9 Å². The Hall–Kier alpha value is -4.28. The minimum absolute atomic E-state index is 0.181. The predicted octanol–water partition coefficient (Wildman–Crippen LogP) is 3.79. The lowest BCUT2D eigenvalue weighted by molar-refractivity contribution is 0.486. The minimum Gasteiger partial charge on any atom is -0.383 e. The van der Waals surface area contributed by atoms with Gasteiger partial charge in [-0.25, -0.2) is 32.6 Å². The molecule has 2 N–H and O–H groups in total. The van der Waals surface area contributed by atoms with Crippen LogP contribution in [0.25, 0.3) is 28.2 Å².